The minimum atomic E-state index is -0.299. The first-order valence-corrected chi connectivity index (χ1v) is 10.9. The Labute approximate surface area is 165 Å². The molecule has 3 aliphatic rings. The number of rotatable bonds is 7. The number of nitrogens with zero attached hydrogens (tertiary/aromatic N) is 3. The Hall–Kier alpha value is -0.690. The summed E-state index contributed by atoms with van der Waals surface area (Å²) < 4.78 is 11.1. The quantitative estimate of drug-likeness (QED) is 0.624. The first-order chi connectivity index (χ1) is 13.0. The molecule has 6 heteroatoms. The van der Waals surface area contributed by atoms with E-state index in [0.29, 0.717) is 12.5 Å². The topological polar surface area (TPSA) is 45.2 Å². The summed E-state index contributed by atoms with van der Waals surface area (Å²) in [5.74, 6) is 1.19. The molecule has 3 heterocycles. The van der Waals surface area contributed by atoms with Crippen LogP contribution >= 0.6 is 0 Å². The van der Waals surface area contributed by atoms with Gasteiger partial charge in [0.05, 0.1) is 12.0 Å². The molecule has 2 atom stereocenters. The van der Waals surface area contributed by atoms with Gasteiger partial charge >= 0.3 is 5.97 Å². The first kappa shape index (κ1) is 21.0. The lowest BCUT2D eigenvalue weighted by Gasteiger charge is -2.33. The van der Waals surface area contributed by atoms with E-state index in [9.17, 15) is 4.79 Å². The number of ether oxygens (including phenoxy) is 2. The molecule has 0 saturated carbocycles. The van der Waals surface area contributed by atoms with Gasteiger partial charge in [-0.2, -0.15) is 0 Å². The van der Waals surface area contributed by atoms with Crippen LogP contribution in [0.4, 0.5) is 0 Å². The van der Waals surface area contributed by atoms with Crippen LogP contribution in [0.25, 0.3) is 0 Å². The maximum absolute atomic E-state index is 13.0. The SMILES string of the molecule is CCOC(=O)[C@]12CCCN(CC3CCOCC3)C[C@H]1CN(CCN(C)C)C2. The highest BCUT2D eigenvalue weighted by Gasteiger charge is 2.53. The number of fused-ring (bicyclic) bond motifs is 1. The molecular weight excluding hydrogens is 342 g/mol. The van der Waals surface area contributed by atoms with E-state index in [1.807, 2.05) is 6.92 Å². The summed E-state index contributed by atoms with van der Waals surface area (Å²) in [5, 5.41) is 0. The molecular formula is C21H39N3O3. The van der Waals surface area contributed by atoms with Crippen LogP contribution in [0.3, 0.4) is 0 Å². The van der Waals surface area contributed by atoms with E-state index in [2.05, 4.69) is 28.8 Å². The molecule has 0 aromatic heterocycles. The fraction of sp³-hybridized carbons (Fsp3) is 0.952. The van der Waals surface area contributed by atoms with Gasteiger partial charge < -0.3 is 24.2 Å². The number of hydrogen-bond acceptors (Lipinski definition) is 6. The lowest BCUT2D eigenvalue weighted by Crippen LogP contribution is -2.43. The van der Waals surface area contributed by atoms with Gasteiger partial charge in [-0.1, -0.05) is 0 Å². The van der Waals surface area contributed by atoms with Crippen molar-refractivity contribution in [3.63, 3.8) is 0 Å². The molecule has 3 rings (SSSR count). The second-order valence-corrected chi connectivity index (χ2v) is 9.03. The molecule has 3 saturated heterocycles. The third kappa shape index (κ3) is 5.22. The van der Waals surface area contributed by atoms with Crippen LogP contribution in [0.2, 0.25) is 0 Å². The van der Waals surface area contributed by atoms with Gasteiger partial charge in [-0.3, -0.25) is 4.79 Å². The lowest BCUT2D eigenvalue weighted by molar-refractivity contribution is -0.157. The molecule has 0 aliphatic carbocycles. The molecule has 6 nitrogen and oxygen atoms in total. The summed E-state index contributed by atoms with van der Waals surface area (Å²) in [6.45, 7) is 11.5. The Morgan fingerprint density at radius 2 is 1.96 bits per heavy atom. The van der Waals surface area contributed by atoms with Crippen LogP contribution in [0, 0.1) is 17.3 Å². The molecule has 3 aliphatic heterocycles. The second kappa shape index (κ2) is 9.68. The molecule has 156 valence electrons. The molecule has 0 N–H and O–H groups in total. The molecule has 0 bridgehead atoms. The van der Waals surface area contributed by atoms with Crippen molar-refractivity contribution in [3.8, 4) is 0 Å². The van der Waals surface area contributed by atoms with Crippen molar-refractivity contribution >= 4 is 5.97 Å². The van der Waals surface area contributed by atoms with Crippen LogP contribution in [-0.4, -0.2) is 100 Å². The molecule has 0 aromatic carbocycles. The Morgan fingerprint density at radius 1 is 1.22 bits per heavy atom. The zero-order valence-corrected chi connectivity index (χ0v) is 17.6. The Morgan fingerprint density at radius 3 is 2.67 bits per heavy atom. The van der Waals surface area contributed by atoms with E-state index in [1.54, 1.807) is 0 Å². The van der Waals surface area contributed by atoms with Crippen molar-refractivity contribution < 1.29 is 14.3 Å². The van der Waals surface area contributed by atoms with Crippen LogP contribution in [-0.2, 0) is 14.3 Å². The minimum absolute atomic E-state index is 0.0512. The summed E-state index contributed by atoms with van der Waals surface area (Å²) >= 11 is 0. The third-order valence-corrected chi connectivity index (χ3v) is 6.74. The monoisotopic (exact) mass is 381 g/mol. The minimum Gasteiger partial charge on any atom is -0.466 e. The molecule has 0 spiro atoms. The lowest BCUT2D eigenvalue weighted by atomic mass is 9.75. The van der Waals surface area contributed by atoms with Gasteiger partial charge in [0, 0.05) is 58.4 Å². The summed E-state index contributed by atoms with van der Waals surface area (Å²) in [4.78, 5) is 20.4. The average molecular weight is 382 g/mol. The van der Waals surface area contributed by atoms with Gasteiger partial charge in [-0.25, -0.2) is 0 Å². The predicted molar refractivity (Wildman–Crippen MR) is 107 cm³/mol. The van der Waals surface area contributed by atoms with Crippen molar-refractivity contribution in [2.45, 2.75) is 32.6 Å². The second-order valence-electron chi connectivity index (χ2n) is 9.03. The van der Waals surface area contributed by atoms with Gasteiger partial charge in [-0.05, 0) is 59.2 Å². The van der Waals surface area contributed by atoms with E-state index in [1.165, 1.54) is 12.8 Å². The van der Waals surface area contributed by atoms with Crippen molar-refractivity contribution in [2.75, 3.05) is 79.7 Å². The summed E-state index contributed by atoms with van der Waals surface area (Å²) in [7, 11) is 4.23. The van der Waals surface area contributed by atoms with Crippen molar-refractivity contribution in [1.29, 1.82) is 0 Å². The Bertz CT molecular complexity index is 481. The van der Waals surface area contributed by atoms with Crippen LogP contribution in [0.1, 0.15) is 32.6 Å². The summed E-state index contributed by atoms with van der Waals surface area (Å²) in [6, 6.07) is 0. The predicted octanol–water partition coefficient (Wildman–Crippen LogP) is 1.55. The highest BCUT2D eigenvalue weighted by Crippen LogP contribution is 2.44. The zero-order chi connectivity index (χ0) is 19.3. The standard InChI is InChI=1S/C21H39N3O3/c1-4-27-20(25)21-8-5-9-23(14-18-6-12-26-13-7-18)15-19(21)16-24(17-21)11-10-22(2)3/h18-19H,4-17H2,1-3H3/t19-,21-/m0/s1. The number of hydrogen-bond donors (Lipinski definition) is 0. The molecule has 0 aromatic rings. The molecule has 0 amide bonds. The van der Waals surface area contributed by atoms with Gasteiger partial charge in [0.2, 0.25) is 0 Å². The van der Waals surface area contributed by atoms with Gasteiger partial charge in [0.15, 0.2) is 0 Å². The average Bonchev–Trinajstić information content (AvgIpc) is 2.90. The van der Waals surface area contributed by atoms with Gasteiger partial charge in [0.1, 0.15) is 0 Å². The Balaban J connectivity index is 1.68. The highest BCUT2D eigenvalue weighted by molar-refractivity contribution is 5.78. The fourth-order valence-corrected chi connectivity index (χ4v) is 5.20. The molecule has 27 heavy (non-hydrogen) atoms. The van der Waals surface area contributed by atoms with E-state index in [-0.39, 0.29) is 11.4 Å². The summed E-state index contributed by atoms with van der Waals surface area (Å²) in [5.41, 5.74) is -0.299. The highest BCUT2D eigenvalue weighted by atomic mass is 16.5. The molecule has 3 fully saturated rings. The third-order valence-electron chi connectivity index (χ3n) is 6.74. The maximum atomic E-state index is 13.0. The molecule has 0 radical (unpaired) electrons. The van der Waals surface area contributed by atoms with Crippen molar-refractivity contribution in [3.05, 3.63) is 0 Å². The number of esters is 1. The van der Waals surface area contributed by atoms with E-state index in [0.717, 1.165) is 77.8 Å². The van der Waals surface area contributed by atoms with Gasteiger partial charge in [-0.15, -0.1) is 0 Å². The number of carbonyl (C=O) groups excluding carboxylic acids is 1. The number of likely N-dealkylation sites (N-methyl/N-ethyl adjacent to an activating group) is 1. The van der Waals surface area contributed by atoms with Crippen molar-refractivity contribution in [2.24, 2.45) is 17.3 Å². The molecule has 0 unspecified atom stereocenters. The Kier molecular flexibility index (Phi) is 7.54. The van der Waals surface area contributed by atoms with E-state index >= 15 is 0 Å². The van der Waals surface area contributed by atoms with Crippen LogP contribution < -0.4 is 0 Å². The fourth-order valence-electron chi connectivity index (χ4n) is 5.20. The van der Waals surface area contributed by atoms with Gasteiger partial charge in [0.25, 0.3) is 0 Å². The maximum Gasteiger partial charge on any atom is 0.313 e. The smallest absolute Gasteiger partial charge is 0.313 e. The number of likely N-dealkylation sites (tertiary alicyclic amines) is 2. The van der Waals surface area contributed by atoms with Crippen LogP contribution in [0.5, 0.6) is 0 Å². The largest absolute Gasteiger partial charge is 0.466 e. The normalized spacial score (nSPS) is 31.0. The first-order valence-electron chi connectivity index (χ1n) is 10.9. The summed E-state index contributed by atoms with van der Waals surface area (Å²) in [6.07, 6.45) is 4.43. The van der Waals surface area contributed by atoms with Crippen molar-refractivity contribution in [1.82, 2.24) is 14.7 Å². The zero-order valence-electron chi connectivity index (χ0n) is 17.6. The van der Waals surface area contributed by atoms with Crippen LogP contribution in [0.15, 0.2) is 0 Å². The van der Waals surface area contributed by atoms with E-state index in [4.69, 9.17) is 9.47 Å². The van der Waals surface area contributed by atoms with E-state index < -0.39 is 0 Å². The number of carbonyl (C=O) groups is 1.